The molecule has 0 radical (unpaired) electrons. The third kappa shape index (κ3) is 3.42. The molecule has 1 rings (SSSR count). The molecule has 0 amide bonds. The van der Waals surface area contributed by atoms with Crippen molar-refractivity contribution in [3.63, 3.8) is 0 Å². The summed E-state index contributed by atoms with van der Waals surface area (Å²) in [5.41, 5.74) is 0. The van der Waals surface area contributed by atoms with Crippen LogP contribution in [0.4, 0.5) is 0 Å². The summed E-state index contributed by atoms with van der Waals surface area (Å²) >= 11 is 0. The van der Waals surface area contributed by atoms with Crippen molar-refractivity contribution in [1.29, 1.82) is 0 Å². The average molecular weight is 178 g/mol. The second-order valence-corrected chi connectivity index (χ2v) is 2.26. The van der Waals surface area contributed by atoms with Gasteiger partial charge >= 0.3 is 5.97 Å². The van der Waals surface area contributed by atoms with E-state index in [0.29, 0.717) is 5.75 Å². The molecule has 0 N–H and O–H groups in total. The fourth-order valence-corrected chi connectivity index (χ4v) is 0.776. The van der Waals surface area contributed by atoms with Crippen LogP contribution in [0, 0.1) is 0 Å². The standard InChI is InChI=1S/C10H10O3/c1-2-12-8-10(11)13-9-6-4-3-5-7-9/h2-7H,1,8H2. The molecule has 0 aromatic heterocycles. The van der Waals surface area contributed by atoms with Gasteiger partial charge < -0.3 is 9.47 Å². The van der Waals surface area contributed by atoms with E-state index in [2.05, 4.69) is 11.3 Å². The van der Waals surface area contributed by atoms with Crippen molar-refractivity contribution >= 4 is 5.97 Å². The molecule has 0 unspecified atom stereocenters. The lowest BCUT2D eigenvalue weighted by Crippen LogP contribution is -2.13. The number of esters is 1. The molecule has 68 valence electrons. The number of rotatable bonds is 4. The highest BCUT2D eigenvalue weighted by molar-refractivity contribution is 5.73. The fourth-order valence-electron chi connectivity index (χ4n) is 0.776. The molecule has 1 aromatic rings. The predicted molar refractivity (Wildman–Crippen MR) is 48.2 cm³/mol. The minimum atomic E-state index is -0.439. The average Bonchev–Trinajstić information content (AvgIpc) is 2.16. The van der Waals surface area contributed by atoms with Gasteiger partial charge in [0, 0.05) is 0 Å². The van der Waals surface area contributed by atoms with Crippen LogP contribution >= 0.6 is 0 Å². The zero-order chi connectivity index (χ0) is 9.52. The number of hydrogen-bond donors (Lipinski definition) is 0. The number of ether oxygens (including phenoxy) is 2. The molecule has 3 nitrogen and oxygen atoms in total. The van der Waals surface area contributed by atoms with E-state index in [1.54, 1.807) is 24.3 Å². The number of benzene rings is 1. The largest absolute Gasteiger partial charge is 0.490 e. The first-order valence-corrected chi connectivity index (χ1v) is 3.81. The van der Waals surface area contributed by atoms with Crippen LogP contribution in [0.1, 0.15) is 0 Å². The summed E-state index contributed by atoms with van der Waals surface area (Å²) in [6, 6.07) is 8.82. The number of para-hydroxylation sites is 1. The highest BCUT2D eigenvalue weighted by Crippen LogP contribution is 2.08. The van der Waals surface area contributed by atoms with E-state index < -0.39 is 5.97 Å². The molecule has 0 aliphatic carbocycles. The maximum Gasteiger partial charge on any atom is 0.349 e. The van der Waals surface area contributed by atoms with Crippen molar-refractivity contribution in [2.75, 3.05) is 6.61 Å². The Hall–Kier alpha value is -1.77. The smallest absolute Gasteiger partial charge is 0.349 e. The maximum absolute atomic E-state index is 11.0. The van der Waals surface area contributed by atoms with Crippen LogP contribution in [0.3, 0.4) is 0 Å². The number of carbonyl (C=O) groups is 1. The van der Waals surface area contributed by atoms with Crippen molar-refractivity contribution in [2.24, 2.45) is 0 Å². The Morgan fingerprint density at radius 1 is 1.38 bits per heavy atom. The van der Waals surface area contributed by atoms with Crippen LogP contribution in [0.5, 0.6) is 5.75 Å². The minimum Gasteiger partial charge on any atom is -0.490 e. The van der Waals surface area contributed by atoms with Gasteiger partial charge in [0.25, 0.3) is 0 Å². The normalized spacial score (nSPS) is 8.92. The van der Waals surface area contributed by atoms with Gasteiger partial charge in [0.1, 0.15) is 5.75 Å². The Morgan fingerprint density at radius 3 is 2.69 bits per heavy atom. The Morgan fingerprint density at radius 2 is 2.08 bits per heavy atom. The topological polar surface area (TPSA) is 35.5 Å². The van der Waals surface area contributed by atoms with Crippen LogP contribution < -0.4 is 4.74 Å². The third-order valence-electron chi connectivity index (χ3n) is 1.29. The summed E-state index contributed by atoms with van der Waals surface area (Å²) in [6.45, 7) is 3.20. The Labute approximate surface area is 76.6 Å². The molecule has 3 heteroatoms. The van der Waals surface area contributed by atoms with Gasteiger partial charge in [0.2, 0.25) is 0 Å². The summed E-state index contributed by atoms with van der Waals surface area (Å²) in [7, 11) is 0. The molecule has 0 bridgehead atoms. The zero-order valence-corrected chi connectivity index (χ0v) is 7.10. The Kier molecular flexibility index (Phi) is 3.57. The molecular formula is C10H10O3. The van der Waals surface area contributed by atoms with E-state index in [-0.39, 0.29) is 6.61 Å². The van der Waals surface area contributed by atoms with Crippen molar-refractivity contribution in [1.82, 2.24) is 0 Å². The van der Waals surface area contributed by atoms with Crippen molar-refractivity contribution in [2.45, 2.75) is 0 Å². The van der Waals surface area contributed by atoms with Crippen molar-refractivity contribution in [3.05, 3.63) is 43.2 Å². The Bertz CT molecular complexity index is 279. The molecule has 0 heterocycles. The van der Waals surface area contributed by atoms with Gasteiger partial charge in [-0.3, -0.25) is 0 Å². The van der Waals surface area contributed by atoms with E-state index in [9.17, 15) is 4.79 Å². The number of hydrogen-bond acceptors (Lipinski definition) is 3. The first-order chi connectivity index (χ1) is 6.33. The molecule has 0 saturated heterocycles. The van der Waals surface area contributed by atoms with Gasteiger partial charge in [-0.05, 0) is 12.1 Å². The van der Waals surface area contributed by atoms with E-state index in [1.807, 2.05) is 6.07 Å². The lowest BCUT2D eigenvalue weighted by molar-refractivity contribution is -0.137. The van der Waals surface area contributed by atoms with Gasteiger partial charge in [-0.2, -0.15) is 0 Å². The van der Waals surface area contributed by atoms with Crippen molar-refractivity contribution < 1.29 is 14.3 Å². The van der Waals surface area contributed by atoms with Gasteiger partial charge in [0.05, 0.1) is 6.26 Å². The SMILES string of the molecule is C=COCC(=O)Oc1ccccc1. The minimum absolute atomic E-state index is 0.113. The lowest BCUT2D eigenvalue weighted by Gasteiger charge is -2.02. The molecule has 0 aliphatic heterocycles. The monoisotopic (exact) mass is 178 g/mol. The fraction of sp³-hybridized carbons (Fsp3) is 0.100. The summed E-state index contributed by atoms with van der Waals surface area (Å²) < 4.78 is 9.56. The first-order valence-electron chi connectivity index (χ1n) is 3.81. The summed E-state index contributed by atoms with van der Waals surface area (Å²) in [5, 5.41) is 0. The molecule has 0 saturated carbocycles. The first kappa shape index (κ1) is 9.32. The van der Waals surface area contributed by atoms with Crippen LogP contribution in [0.15, 0.2) is 43.2 Å². The van der Waals surface area contributed by atoms with Crippen LogP contribution in [0.2, 0.25) is 0 Å². The van der Waals surface area contributed by atoms with Gasteiger partial charge in [-0.1, -0.05) is 24.8 Å². The summed E-state index contributed by atoms with van der Waals surface area (Å²) in [5.74, 6) is 0.0752. The molecule has 0 atom stereocenters. The quantitative estimate of drug-likeness (QED) is 0.400. The van der Waals surface area contributed by atoms with Gasteiger partial charge in [0.15, 0.2) is 6.61 Å². The predicted octanol–water partition coefficient (Wildman–Crippen LogP) is 1.75. The van der Waals surface area contributed by atoms with Gasteiger partial charge in [-0.25, -0.2) is 4.79 Å². The third-order valence-corrected chi connectivity index (χ3v) is 1.29. The molecule has 0 aliphatic rings. The van der Waals surface area contributed by atoms with Crippen LogP contribution in [-0.4, -0.2) is 12.6 Å². The van der Waals surface area contributed by atoms with Crippen LogP contribution in [0.25, 0.3) is 0 Å². The summed E-state index contributed by atoms with van der Waals surface area (Å²) in [6.07, 6.45) is 1.20. The zero-order valence-electron chi connectivity index (χ0n) is 7.10. The number of carbonyl (C=O) groups excluding carboxylic acids is 1. The Balaban J connectivity index is 2.41. The molecule has 0 spiro atoms. The second-order valence-electron chi connectivity index (χ2n) is 2.26. The van der Waals surface area contributed by atoms with E-state index in [0.717, 1.165) is 0 Å². The van der Waals surface area contributed by atoms with E-state index in [4.69, 9.17) is 4.74 Å². The van der Waals surface area contributed by atoms with Crippen molar-refractivity contribution in [3.8, 4) is 5.75 Å². The maximum atomic E-state index is 11.0. The lowest BCUT2D eigenvalue weighted by atomic mass is 10.3. The second kappa shape index (κ2) is 4.98. The van der Waals surface area contributed by atoms with E-state index >= 15 is 0 Å². The van der Waals surface area contributed by atoms with Crippen LogP contribution in [-0.2, 0) is 9.53 Å². The van der Waals surface area contributed by atoms with Gasteiger partial charge in [-0.15, -0.1) is 0 Å². The highest BCUT2D eigenvalue weighted by Gasteiger charge is 2.02. The molecular weight excluding hydrogens is 168 g/mol. The summed E-state index contributed by atoms with van der Waals surface area (Å²) in [4.78, 5) is 11.0. The molecule has 1 aromatic carbocycles. The highest BCUT2D eigenvalue weighted by atomic mass is 16.6. The molecule has 0 fully saturated rings. The molecule has 13 heavy (non-hydrogen) atoms. The van der Waals surface area contributed by atoms with E-state index in [1.165, 1.54) is 6.26 Å².